The van der Waals surface area contributed by atoms with E-state index in [1.54, 1.807) is 4.90 Å². The van der Waals surface area contributed by atoms with Crippen LogP contribution in [0, 0.1) is 0 Å². The fourth-order valence-electron chi connectivity index (χ4n) is 3.72. The highest BCUT2D eigenvalue weighted by Gasteiger charge is 2.31. The number of carbonyl (C=O) groups is 1. The molecule has 0 aliphatic carbocycles. The number of likely N-dealkylation sites (N-methyl/N-ethyl adjacent to an activating group) is 1. The molecule has 26 heavy (non-hydrogen) atoms. The van der Waals surface area contributed by atoms with Crippen LogP contribution in [-0.2, 0) is 0 Å². The van der Waals surface area contributed by atoms with Gasteiger partial charge in [-0.1, -0.05) is 43.0 Å². The number of amides is 2. The topological polar surface area (TPSA) is 32.8 Å². The number of fused-ring (bicyclic) bond motifs is 2. The molecule has 1 aromatic carbocycles. The summed E-state index contributed by atoms with van der Waals surface area (Å²) in [6.45, 7) is 7.94. The maximum atomic E-state index is 12.8. The first-order valence-electron chi connectivity index (χ1n) is 9.37. The van der Waals surface area contributed by atoms with Gasteiger partial charge in [0.15, 0.2) is 0 Å². The largest absolute Gasteiger partial charge is 0.491 e. The standard InChI is InChI=1S/C22H28N2O2/c1-4-17-15-18(5-2)20-10-6-7-11-21(20)26-14-13-23(3)22(25)24-12-8-9-19(24)16-17/h4-7,10-11,15,19H,2,8-9,12-14,16H2,1,3H3/b17-4+,18-15+/t19-/m1/s1. The predicted octanol–water partition coefficient (Wildman–Crippen LogP) is 4.50. The van der Waals surface area contributed by atoms with E-state index in [-0.39, 0.29) is 12.1 Å². The molecule has 0 N–H and O–H groups in total. The summed E-state index contributed by atoms with van der Waals surface area (Å²) in [6.07, 6.45) is 9.19. The van der Waals surface area contributed by atoms with Crippen molar-refractivity contribution in [2.75, 3.05) is 26.7 Å². The number of para-hydroxylation sites is 1. The molecule has 0 aromatic heterocycles. The number of hydrogen-bond donors (Lipinski definition) is 0. The second kappa shape index (κ2) is 8.26. The van der Waals surface area contributed by atoms with Crippen molar-refractivity contribution in [3.05, 3.63) is 60.2 Å². The molecule has 4 nitrogen and oxygen atoms in total. The third-order valence-electron chi connectivity index (χ3n) is 5.23. The fraction of sp³-hybridized carbons (Fsp3) is 0.409. The number of nitrogens with zero attached hydrogens (tertiary/aromatic N) is 2. The molecule has 2 heterocycles. The first-order valence-corrected chi connectivity index (χ1v) is 9.37. The van der Waals surface area contributed by atoms with Crippen molar-refractivity contribution in [2.24, 2.45) is 0 Å². The molecule has 1 fully saturated rings. The molecule has 138 valence electrons. The Balaban J connectivity index is 2.01. The van der Waals surface area contributed by atoms with Gasteiger partial charge in [-0.25, -0.2) is 4.79 Å². The lowest BCUT2D eigenvalue weighted by molar-refractivity contribution is 0.149. The Hall–Kier alpha value is -2.49. The van der Waals surface area contributed by atoms with Gasteiger partial charge in [-0.15, -0.1) is 0 Å². The minimum absolute atomic E-state index is 0.104. The van der Waals surface area contributed by atoms with Crippen molar-refractivity contribution in [3.63, 3.8) is 0 Å². The average Bonchev–Trinajstić information content (AvgIpc) is 3.12. The second-order valence-electron chi connectivity index (χ2n) is 6.91. The molecule has 2 aliphatic rings. The number of ether oxygens (including phenoxy) is 1. The van der Waals surface area contributed by atoms with Gasteiger partial charge in [-0.3, -0.25) is 0 Å². The molecule has 0 saturated carbocycles. The van der Waals surface area contributed by atoms with Gasteiger partial charge in [-0.05, 0) is 43.4 Å². The first kappa shape index (κ1) is 18.3. The molecule has 4 heteroatoms. The van der Waals surface area contributed by atoms with Gasteiger partial charge in [0, 0.05) is 25.2 Å². The number of allylic oxidation sites excluding steroid dienone is 4. The molecule has 1 aromatic rings. The van der Waals surface area contributed by atoms with Crippen molar-refractivity contribution in [2.45, 2.75) is 32.2 Å². The lowest BCUT2D eigenvalue weighted by Gasteiger charge is -2.29. The summed E-state index contributed by atoms with van der Waals surface area (Å²) < 4.78 is 6.01. The van der Waals surface area contributed by atoms with E-state index < -0.39 is 0 Å². The van der Waals surface area contributed by atoms with Crippen molar-refractivity contribution < 1.29 is 9.53 Å². The lowest BCUT2D eigenvalue weighted by Crippen LogP contribution is -2.45. The summed E-state index contributed by atoms with van der Waals surface area (Å²) >= 11 is 0. The molecule has 0 spiro atoms. The molecule has 2 aliphatic heterocycles. The molecule has 2 amide bonds. The monoisotopic (exact) mass is 352 g/mol. The van der Waals surface area contributed by atoms with E-state index in [2.05, 4.69) is 31.7 Å². The molecule has 3 rings (SSSR count). The lowest BCUT2D eigenvalue weighted by atomic mass is 9.97. The maximum Gasteiger partial charge on any atom is 0.320 e. The van der Waals surface area contributed by atoms with Crippen LogP contribution < -0.4 is 4.74 Å². The van der Waals surface area contributed by atoms with E-state index in [4.69, 9.17) is 4.74 Å². The van der Waals surface area contributed by atoms with E-state index in [1.807, 2.05) is 36.2 Å². The zero-order valence-corrected chi connectivity index (χ0v) is 15.8. The third kappa shape index (κ3) is 3.85. The van der Waals surface area contributed by atoms with Gasteiger partial charge in [0.25, 0.3) is 0 Å². The van der Waals surface area contributed by atoms with Crippen LogP contribution in [0.15, 0.2) is 54.6 Å². The van der Waals surface area contributed by atoms with E-state index in [1.165, 1.54) is 5.57 Å². The van der Waals surface area contributed by atoms with E-state index >= 15 is 0 Å². The van der Waals surface area contributed by atoms with Crippen LogP contribution in [0.3, 0.4) is 0 Å². The molecular formula is C22H28N2O2. The van der Waals surface area contributed by atoms with Gasteiger partial charge < -0.3 is 14.5 Å². The van der Waals surface area contributed by atoms with Gasteiger partial charge in [-0.2, -0.15) is 0 Å². The van der Waals surface area contributed by atoms with Crippen LogP contribution in [0.5, 0.6) is 5.75 Å². The zero-order chi connectivity index (χ0) is 18.5. The van der Waals surface area contributed by atoms with Crippen molar-refractivity contribution >= 4 is 11.6 Å². The minimum Gasteiger partial charge on any atom is -0.491 e. The number of rotatable bonds is 1. The Morgan fingerprint density at radius 2 is 2.08 bits per heavy atom. The predicted molar refractivity (Wildman–Crippen MR) is 106 cm³/mol. The highest BCUT2D eigenvalue weighted by atomic mass is 16.5. The minimum atomic E-state index is 0.104. The molecular weight excluding hydrogens is 324 g/mol. The van der Waals surface area contributed by atoms with Gasteiger partial charge in [0.2, 0.25) is 0 Å². The average molecular weight is 352 g/mol. The highest BCUT2D eigenvalue weighted by Crippen LogP contribution is 2.31. The molecule has 0 bridgehead atoms. The Labute approximate surface area is 156 Å². The van der Waals surface area contributed by atoms with Gasteiger partial charge in [0.1, 0.15) is 12.4 Å². The molecule has 1 saturated heterocycles. The Kier molecular flexibility index (Phi) is 5.82. The van der Waals surface area contributed by atoms with Gasteiger partial charge in [0.05, 0.1) is 6.54 Å². The summed E-state index contributed by atoms with van der Waals surface area (Å²) in [7, 11) is 1.86. The summed E-state index contributed by atoms with van der Waals surface area (Å²) in [5, 5.41) is 0. The number of carbonyl (C=O) groups excluding carboxylic acids is 1. The first-order chi connectivity index (χ1) is 12.6. The number of urea groups is 1. The second-order valence-corrected chi connectivity index (χ2v) is 6.91. The van der Waals surface area contributed by atoms with Crippen LogP contribution in [0.1, 0.15) is 31.7 Å². The summed E-state index contributed by atoms with van der Waals surface area (Å²) in [5.41, 5.74) is 3.32. The Bertz CT molecular complexity index is 735. The van der Waals surface area contributed by atoms with Crippen LogP contribution in [-0.4, -0.2) is 48.6 Å². The zero-order valence-electron chi connectivity index (χ0n) is 15.8. The maximum absolute atomic E-state index is 12.8. The van der Waals surface area contributed by atoms with E-state index in [9.17, 15) is 4.79 Å². The van der Waals surface area contributed by atoms with Crippen LogP contribution in [0.4, 0.5) is 4.79 Å². The fourth-order valence-corrected chi connectivity index (χ4v) is 3.72. The van der Waals surface area contributed by atoms with E-state index in [0.717, 1.165) is 42.7 Å². The summed E-state index contributed by atoms with van der Waals surface area (Å²) in [4.78, 5) is 16.6. The molecule has 0 unspecified atom stereocenters. The normalized spacial score (nSPS) is 25.2. The summed E-state index contributed by atoms with van der Waals surface area (Å²) in [6, 6.07) is 8.39. The quantitative estimate of drug-likeness (QED) is 0.745. The number of benzene rings is 1. The number of hydrogen-bond acceptors (Lipinski definition) is 2. The third-order valence-corrected chi connectivity index (χ3v) is 5.23. The van der Waals surface area contributed by atoms with Gasteiger partial charge >= 0.3 is 6.03 Å². The molecule has 1 atom stereocenters. The highest BCUT2D eigenvalue weighted by molar-refractivity contribution is 5.79. The van der Waals surface area contributed by atoms with Crippen LogP contribution in [0.2, 0.25) is 0 Å². The van der Waals surface area contributed by atoms with E-state index in [0.29, 0.717) is 13.2 Å². The van der Waals surface area contributed by atoms with Crippen LogP contribution in [0.25, 0.3) is 5.57 Å². The molecule has 0 radical (unpaired) electrons. The smallest absolute Gasteiger partial charge is 0.320 e. The Morgan fingerprint density at radius 3 is 2.85 bits per heavy atom. The van der Waals surface area contributed by atoms with Crippen LogP contribution >= 0.6 is 0 Å². The van der Waals surface area contributed by atoms with Crippen molar-refractivity contribution in [3.8, 4) is 5.75 Å². The van der Waals surface area contributed by atoms with Crippen molar-refractivity contribution in [1.82, 2.24) is 9.80 Å². The van der Waals surface area contributed by atoms with Crippen molar-refractivity contribution in [1.29, 1.82) is 0 Å². The Morgan fingerprint density at radius 1 is 1.27 bits per heavy atom. The summed E-state index contributed by atoms with van der Waals surface area (Å²) in [5.74, 6) is 0.828. The SMILES string of the molecule is C=C/C1=C\C(=C/C)C[C@H]2CCCN2C(=O)N(C)CCOc2ccccc21.